The van der Waals surface area contributed by atoms with E-state index in [0.29, 0.717) is 22.1 Å². The maximum absolute atomic E-state index is 11.8. The number of hydrogen-bond acceptors (Lipinski definition) is 4. The predicted molar refractivity (Wildman–Crippen MR) is 84.4 cm³/mol. The summed E-state index contributed by atoms with van der Waals surface area (Å²) in [4.78, 5) is 16.0. The fraction of sp³-hybridized carbons (Fsp3) is 0.133. The van der Waals surface area contributed by atoms with Gasteiger partial charge in [0, 0.05) is 16.2 Å². The molecular formula is C15H11Cl2N3O2. The molecule has 0 radical (unpaired) electrons. The third-order valence-electron chi connectivity index (χ3n) is 3.22. The molecule has 0 amide bonds. The van der Waals surface area contributed by atoms with Gasteiger partial charge >= 0.3 is 5.97 Å². The number of hydrogen-bond donors (Lipinski definition) is 0. The van der Waals surface area contributed by atoms with Gasteiger partial charge in [-0.25, -0.2) is 4.79 Å². The van der Waals surface area contributed by atoms with E-state index in [1.807, 2.05) is 12.1 Å². The van der Waals surface area contributed by atoms with Gasteiger partial charge in [0.25, 0.3) is 0 Å². The van der Waals surface area contributed by atoms with E-state index in [2.05, 4.69) is 10.1 Å². The topological polar surface area (TPSA) is 57.0 Å². The Morgan fingerprint density at radius 3 is 2.86 bits per heavy atom. The van der Waals surface area contributed by atoms with E-state index in [9.17, 15) is 4.79 Å². The standard InChI is InChI=1S/C15H11Cl2N3O2/c1-22-15(21)14-13-12(3-2-6-18-13)20(19-14)8-9-4-5-10(16)7-11(9)17/h2-7H,8H2,1H3. The normalized spacial score (nSPS) is 10.9. The van der Waals surface area contributed by atoms with Gasteiger partial charge in [0.1, 0.15) is 5.52 Å². The van der Waals surface area contributed by atoms with Crippen molar-refractivity contribution in [2.24, 2.45) is 0 Å². The molecule has 0 N–H and O–H groups in total. The Morgan fingerprint density at radius 2 is 2.14 bits per heavy atom. The number of esters is 1. The number of nitrogens with zero attached hydrogens (tertiary/aromatic N) is 3. The minimum atomic E-state index is -0.523. The highest BCUT2D eigenvalue weighted by molar-refractivity contribution is 6.35. The number of carbonyl (C=O) groups excluding carboxylic acids is 1. The average Bonchev–Trinajstić information content (AvgIpc) is 2.88. The molecule has 0 atom stereocenters. The number of aromatic nitrogens is 3. The van der Waals surface area contributed by atoms with Gasteiger partial charge in [0.2, 0.25) is 0 Å². The Balaban J connectivity index is 2.09. The first-order valence-corrected chi connectivity index (χ1v) is 7.19. The lowest BCUT2D eigenvalue weighted by atomic mass is 10.2. The molecule has 0 saturated carbocycles. The minimum Gasteiger partial charge on any atom is -0.464 e. The average molecular weight is 336 g/mol. The van der Waals surface area contributed by atoms with E-state index in [4.69, 9.17) is 27.9 Å². The summed E-state index contributed by atoms with van der Waals surface area (Å²) in [5.41, 5.74) is 2.26. The van der Waals surface area contributed by atoms with Gasteiger partial charge < -0.3 is 4.74 Å². The summed E-state index contributed by atoms with van der Waals surface area (Å²) < 4.78 is 6.42. The molecule has 3 rings (SSSR count). The minimum absolute atomic E-state index is 0.184. The summed E-state index contributed by atoms with van der Waals surface area (Å²) in [6.45, 7) is 0.398. The quantitative estimate of drug-likeness (QED) is 0.686. The summed E-state index contributed by atoms with van der Waals surface area (Å²) in [5.74, 6) is -0.523. The zero-order valence-corrected chi connectivity index (χ0v) is 13.1. The molecule has 1 aromatic carbocycles. The molecule has 7 heteroatoms. The Hall–Kier alpha value is -2.11. The van der Waals surface area contributed by atoms with Crippen LogP contribution in [0.25, 0.3) is 11.0 Å². The van der Waals surface area contributed by atoms with Crippen molar-refractivity contribution in [1.82, 2.24) is 14.8 Å². The Labute approximate surface area is 136 Å². The van der Waals surface area contributed by atoms with Crippen molar-refractivity contribution in [2.75, 3.05) is 7.11 Å². The van der Waals surface area contributed by atoms with E-state index in [-0.39, 0.29) is 5.69 Å². The molecule has 0 saturated heterocycles. The van der Waals surface area contributed by atoms with Crippen LogP contribution in [0.2, 0.25) is 10.0 Å². The van der Waals surface area contributed by atoms with E-state index in [0.717, 1.165) is 11.1 Å². The molecule has 0 fully saturated rings. The first kappa shape index (κ1) is 14.8. The van der Waals surface area contributed by atoms with E-state index < -0.39 is 5.97 Å². The second kappa shape index (κ2) is 5.94. The molecular weight excluding hydrogens is 325 g/mol. The number of fused-ring (bicyclic) bond motifs is 1. The van der Waals surface area contributed by atoms with Crippen LogP contribution in [-0.2, 0) is 11.3 Å². The van der Waals surface area contributed by atoms with Crippen LogP contribution in [-0.4, -0.2) is 27.8 Å². The molecule has 0 aliphatic carbocycles. The van der Waals surface area contributed by atoms with Crippen LogP contribution in [0, 0.1) is 0 Å². The van der Waals surface area contributed by atoms with Crippen LogP contribution in [0.3, 0.4) is 0 Å². The van der Waals surface area contributed by atoms with Gasteiger partial charge in [-0.05, 0) is 29.8 Å². The molecule has 5 nitrogen and oxygen atoms in total. The van der Waals surface area contributed by atoms with Gasteiger partial charge in [-0.3, -0.25) is 9.67 Å². The van der Waals surface area contributed by atoms with Crippen molar-refractivity contribution >= 4 is 40.2 Å². The first-order chi connectivity index (χ1) is 10.6. The van der Waals surface area contributed by atoms with Crippen molar-refractivity contribution < 1.29 is 9.53 Å². The van der Waals surface area contributed by atoms with Crippen LogP contribution in [0.15, 0.2) is 36.5 Å². The lowest BCUT2D eigenvalue weighted by molar-refractivity contribution is 0.0595. The fourth-order valence-electron chi connectivity index (χ4n) is 2.18. The predicted octanol–water partition coefficient (Wildman–Crippen LogP) is 3.57. The number of halogens is 2. The van der Waals surface area contributed by atoms with Crippen molar-refractivity contribution in [3.8, 4) is 0 Å². The molecule has 3 aromatic rings. The third-order valence-corrected chi connectivity index (χ3v) is 3.81. The first-order valence-electron chi connectivity index (χ1n) is 6.44. The molecule has 2 aromatic heterocycles. The number of methoxy groups -OCH3 is 1. The summed E-state index contributed by atoms with van der Waals surface area (Å²) in [7, 11) is 1.31. The molecule has 0 unspecified atom stereocenters. The highest BCUT2D eigenvalue weighted by atomic mass is 35.5. The monoisotopic (exact) mass is 335 g/mol. The van der Waals surface area contributed by atoms with Crippen LogP contribution in [0.1, 0.15) is 16.1 Å². The maximum Gasteiger partial charge on any atom is 0.360 e. The SMILES string of the molecule is COC(=O)c1nn(Cc2ccc(Cl)cc2Cl)c2cccnc12. The van der Waals surface area contributed by atoms with Gasteiger partial charge in [0.15, 0.2) is 5.69 Å². The zero-order chi connectivity index (χ0) is 15.7. The van der Waals surface area contributed by atoms with Crippen molar-refractivity contribution in [3.63, 3.8) is 0 Å². The highest BCUT2D eigenvalue weighted by Gasteiger charge is 2.19. The van der Waals surface area contributed by atoms with Gasteiger partial charge in [0.05, 0.1) is 19.2 Å². The van der Waals surface area contributed by atoms with E-state index in [1.54, 1.807) is 29.1 Å². The third kappa shape index (κ3) is 2.65. The van der Waals surface area contributed by atoms with Crippen molar-refractivity contribution in [1.29, 1.82) is 0 Å². The van der Waals surface area contributed by atoms with Crippen LogP contribution < -0.4 is 0 Å². The largest absolute Gasteiger partial charge is 0.464 e. The van der Waals surface area contributed by atoms with Gasteiger partial charge in [-0.1, -0.05) is 29.3 Å². The summed E-state index contributed by atoms with van der Waals surface area (Å²) in [6.07, 6.45) is 1.61. The molecule has 112 valence electrons. The zero-order valence-electron chi connectivity index (χ0n) is 11.6. The molecule has 0 spiro atoms. The number of pyridine rings is 1. The molecule has 0 bridgehead atoms. The van der Waals surface area contributed by atoms with Crippen molar-refractivity contribution in [3.05, 3.63) is 57.8 Å². The number of ether oxygens (including phenoxy) is 1. The number of carbonyl (C=O) groups is 1. The van der Waals surface area contributed by atoms with Crippen molar-refractivity contribution in [2.45, 2.75) is 6.54 Å². The summed E-state index contributed by atoms with van der Waals surface area (Å²) >= 11 is 12.1. The number of benzene rings is 1. The van der Waals surface area contributed by atoms with Gasteiger partial charge in [-0.2, -0.15) is 5.10 Å². The molecule has 2 heterocycles. The second-order valence-electron chi connectivity index (χ2n) is 4.60. The fourth-order valence-corrected chi connectivity index (χ4v) is 2.64. The van der Waals surface area contributed by atoms with Crippen LogP contribution >= 0.6 is 23.2 Å². The lowest BCUT2D eigenvalue weighted by Gasteiger charge is -2.06. The molecule has 0 aliphatic heterocycles. The Morgan fingerprint density at radius 1 is 1.32 bits per heavy atom. The Bertz CT molecular complexity index is 861. The van der Waals surface area contributed by atoms with Crippen LogP contribution in [0.5, 0.6) is 0 Å². The maximum atomic E-state index is 11.8. The summed E-state index contributed by atoms with van der Waals surface area (Å²) in [6, 6.07) is 8.88. The lowest BCUT2D eigenvalue weighted by Crippen LogP contribution is -2.06. The molecule has 22 heavy (non-hydrogen) atoms. The van der Waals surface area contributed by atoms with E-state index in [1.165, 1.54) is 7.11 Å². The number of rotatable bonds is 3. The second-order valence-corrected chi connectivity index (χ2v) is 5.45. The Kier molecular flexibility index (Phi) is 4.00. The highest BCUT2D eigenvalue weighted by Crippen LogP contribution is 2.24. The molecule has 0 aliphatic rings. The smallest absolute Gasteiger partial charge is 0.360 e. The van der Waals surface area contributed by atoms with E-state index >= 15 is 0 Å². The summed E-state index contributed by atoms with van der Waals surface area (Å²) in [5, 5.41) is 5.41. The van der Waals surface area contributed by atoms with Gasteiger partial charge in [-0.15, -0.1) is 0 Å². The van der Waals surface area contributed by atoms with Crippen LogP contribution in [0.4, 0.5) is 0 Å².